The van der Waals surface area contributed by atoms with E-state index in [1.807, 2.05) is 32.0 Å². The quantitative estimate of drug-likeness (QED) is 0.262. The molecular formula is C25H23Cl2N3O4. The molecule has 3 aromatic rings. The lowest BCUT2D eigenvalue weighted by atomic mass is 10.1. The third-order valence-corrected chi connectivity index (χ3v) is 5.64. The first-order valence-electron chi connectivity index (χ1n) is 10.2. The van der Waals surface area contributed by atoms with Gasteiger partial charge in [-0.1, -0.05) is 47.5 Å². The number of aryl methyl sites for hydroxylation is 2. The lowest BCUT2D eigenvalue weighted by Gasteiger charge is -2.13. The Balaban J connectivity index is 1.61. The van der Waals surface area contributed by atoms with Crippen molar-refractivity contribution in [3.8, 4) is 11.5 Å². The number of nitrogens with zero attached hydrogens (tertiary/aromatic N) is 1. The molecule has 3 rings (SSSR count). The van der Waals surface area contributed by atoms with Crippen LogP contribution in [0.15, 0.2) is 59.7 Å². The van der Waals surface area contributed by atoms with Gasteiger partial charge in [0.25, 0.3) is 0 Å². The summed E-state index contributed by atoms with van der Waals surface area (Å²) in [7, 11) is 1.51. The number of nitrogens with one attached hydrogen (secondary N) is 2. The van der Waals surface area contributed by atoms with Crippen LogP contribution in [0.2, 0.25) is 10.0 Å². The fourth-order valence-corrected chi connectivity index (χ4v) is 3.61. The van der Waals surface area contributed by atoms with Crippen LogP contribution in [0.25, 0.3) is 0 Å². The molecule has 0 aromatic heterocycles. The number of anilines is 1. The number of rotatable bonds is 7. The van der Waals surface area contributed by atoms with E-state index in [1.54, 1.807) is 36.4 Å². The lowest BCUT2D eigenvalue weighted by Crippen LogP contribution is -2.32. The van der Waals surface area contributed by atoms with Crippen LogP contribution in [-0.4, -0.2) is 25.1 Å². The summed E-state index contributed by atoms with van der Waals surface area (Å²) in [6.45, 7) is 3.86. The van der Waals surface area contributed by atoms with E-state index in [4.69, 9.17) is 32.7 Å². The first-order valence-corrected chi connectivity index (χ1v) is 11.0. The topological polar surface area (TPSA) is 89.0 Å². The molecule has 0 aliphatic carbocycles. The van der Waals surface area contributed by atoms with Crippen molar-refractivity contribution in [2.45, 2.75) is 20.5 Å². The first kappa shape index (κ1) is 25.1. The highest BCUT2D eigenvalue weighted by atomic mass is 35.5. The number of amides is 2. The maximum absolute atomic E-state index is 12.2. The molecule has 9 heteroatoms. The summed E-state index contributed by atoms with van der Waals surface area (Å²) in [5, 5.41) is 7.48. The van der Waals surface area contributed by atoms with E-state index < -0.39 is 11.8 Å². The predicted molar refractivity (Wildman–Crippen MR) is 134 cm³/mol. The molecule has 0 atom stereocenters. The summed E-state index contributed by atoms with van der Waals surface area (Å²) in [6, 6.07) is 15.9. The lowest BCUT2D eigenvalue weighted by molar-refractivity contribution is -0.136. The van der Waals surface area contributed by atoms with Crippen molar-refractivity contribution in [1.29, 1.82) is 0 Å². The van der Waals surface area contributed by atoms with Gasteiger partial charge in [0.2, 0.25) is 0 Å². The third kappa shape index (κ3) is 6.27. The number of para-hydroxylation sites is 1. The molecule has 3 aromatic carbocycles. The molecule has 0 spiro atoms. The van der Waals surface area contributed by atoms with Gasteiger partial charge in [-0.3, -0.25) is 9.59 Å². The summed E-state index contributed by atoms with van der Waals surface area (Å²) in [5.41, 5.74) is 5.82. The molecule has 176 valence electrons. The van der Waals surface area contributed by atoms with E-state index in [0.717, 1.165) is 11.1 Å². The van der Waals surface area contributed by atoms with Gasteiger partial charge in [-0.2, -0.15) is 5.10 Å². The van der Waals surface area contributed by atoms with Crippen molar-refractivity contribution in [2.75, 3.05) is 12.4 Å². The Kier molecular flexibility index (Phi) is 8.51. The molecule has 0 saturated carbocycles. The first-order chi connectivity index (χ1) is 16.3. The van der Waals surface area contributed by atoms with Crippen molar-refractivity contribution in [1.82, 2.24) is 5.43 Å². The van der Waals surface area contributed by atoms with Gasteiger partial charge in [0.15, 0.2) is 11.5 Å². The summed E-state index contributed by atoms with van der Waals surface area (Å²) < 4.78 is 11.2. The van der Waals surface area contributed by atoms with E-state index >= 15 is 0 Å². The summed E-state index contributed by atoms with van der Waals surface area (Å²) in [6.07, 6.45) is 1.39. The van der Waals surface area contributed by atoms with Crippen LogP contribution >= 0.6 is 23.2 Å². The molecule has 0 heterocycles. The Hall–Kier alpha value is -3.55. The van der Waals surface area contributed by atoms with Crippen molar-refractivity contribution in [3.63, 3.8) is 0 Å². The van der Waals surface area contributed by atoms with E-state index in [-0.39, 0.29) is 6.61 Å². The fourth-order valence-electron chi connectivity index (χ4n) is 3.10. The zero-order chi connectivity index (χ0) is 24.7. The van der Waals surface area contributed by atoms with Crippen LogP contribution in [0.4, 0.5) is 5.69 Å². The highest BCUT2D eigenvalue weighted by molar-refractivity contribution is 6.39. The molecule has 0 saturated heterocycles. The standard InChI is InChI=1S/C25H23Cl2N3O4/c1-15-6-4-7-16(2)23(15)29-24(31)25(32)30-28-13-17-10-11-21(22(12-17)33-3)34-14-18-19(26)8-5-9-20(18)27/h4-13H,14H2,1-3H3,(H,29,31)(H,30,32). The van der Waals surface area contributed by atoms with E-state index in [2.05, 4.69) is 15.8 Å². The normalized spacial score (nSPS) is 10.7. The molecule has 0 fully saturated rings. The largest absolute Gasteiger partial charge is 0.493 e. The molecule has 0 bridgehead atoms. The Morgan fingerprint density at radius 1 is 0.941 bits per heavy atom. The van der Waals surface area contributed by atoms with Crippen LogP contribution in [0.3, 0.4) is 0 Å². The number of carbonyl (C=O) groups excluding carboxylic acids is 2. The van der Waals surface area contributed by atoms with Crippen LogP contribution < -0.4 is 20.2 Å². The Bertz CT molecular complexity index is 1200. The fraction of sp³-hybridized carbons (Fsp3) is 0.160. The third-order valence-electron chi connectivity index (χ3n) is 4.93. The van der Waals surface area contributed by atoms with Gasteiger partial charge < -0.3 is 14.8 Å². The van der Waals surface area contributed by atoms with Crippen molar-refractivity contribution in [3.05, 3.63) is 86.9 Å². The molecule has 0 aliphatic heterocycles. The minimum absolute atomic E-state index is 0.161. The number of carbonyl (C=O) groups is 2. The maximum Gasteiger partial charge on any atom is 0.329 e. The smallest absolute Gasteiger partial charge is 0.329 e. The van der Waals surface area contributed by atoms with Gasteiger partial charge in [0, 0.05) is 21.3 Å². The zero-order valence-corrected chi connectivity index (χ0v) is 20.3. The Labute approximate surface area is 207 Å². The van der Waals surface area contributed by atoms with E-state index in [0.29, 0.717) is 38.4 Å². The summed E-state index contributed by atoms with van der Waals surface area (Å²) >= 11 is 12.4. The Morgan fingerprint density at radius 2 is 1.59 bits per heavy atom. The minimum atomic E-state index is -0.887. The number of ether oxygens (including phenoxy) is 2. The van der Waals surface area contributed by atoms with Gasteiger partial charge in [-0.15, -0.1) is 0 Å². The van der Waals surface area contributed by atoms with Crippen molar-refractivity contribution < 1.29 is 19.1 Å². The SMILES string of the molecule is COc1cc(C=NNC(=O)C(=O)Nc2c(C)cccc2C)ccc1OCc1c(Cl)cccc1Cl. The van der Waals surface area contributed by atoms with E-state index in [1.165, 1.54) is 13.3 Å². The molecular weight excluding hydrogens is 477 g/mol. The number of hydrazone groups is 1. The van der Waals surface area contributed by atoms with Gasteiger partial charge in [-0.25, -0.2) is 5.43 Å². The molecule has 34 heavy (non-hydrogen) atoms. The summed E-state index contributed by atoms with van der Waals surface area (Å²) in [4.78, 5) is 24.3. The molecule has 2 amide bonds. The minimum Gasteiger partial charge on any atom is -0.493 e. The molecule has 0 unspecified atom stereocenters. The number of hydrogen-bond acceptors (Lipinski definition) is 5. The van der Waals surface area contributed by atoms with Gasteiger partial charge in [-0.05, 0) is 60.9 Å². The summed E-state index contributed by atoms with van der Waals surface area (Å²) in [5.74, 6) is -0.768. The molecule has 7 nitrogen and oxygen atoms in total. The predicted octanol–water partition coefficient (Wildman–Crippen LogP) is 5.29. The van der Waals surface area contributed by atoms with Crippen molar-refractivity contribution in [2.24, 2.45) is 5.10 Å². The van der Waals surface area contributed by atoms with Gasteiger partial charge in [0.1, 0.15) is 6.61 Å². The highest BCUT2D eigenvalue weighted by Crippen LogP contribution is 2.31. The number of methoxy groups -OCH3 is 1. The second-order valence-corrected chi connectivity index (χ2v) is 8.13. The average Bonchev–Trinajstić information content (AvgIpc) is 2.81. The number of benzene rings is 3. The van der Waals surface area contributed by atoms with Crippen LogP contribution in [-0.2, 0) is 16.2 Å². The average molecular weight is 500 g/mol. The van der Waals surface area contributed by atoms with Crippen LogP contribution in [0, 0.1) is 13.8 Å². The Morgan fingerprint density at radius 3 is 2.24 bits per heavy atom. The second kappa shape index (κ2) is 11.5. The second-order valence-electron chi connectivity index (χ2n) is 7.32. The number of hydrogen-bond donors (Lipinski definition) is 2. The highest BCUT2D eigenvalue weighted by Gasteiger charge is 2.15. The molecule has 2 N–H and O–H groups in total. The van der Waals surface area contributed by atoms with Gasteiger partial charge >= 0.3 is 11.8 Å². The maximum atomic E-state index is 12.2. The monoisotopic (exact) mass is 499 g/mol. The zero-order valence-electron chi connectivity index (χ0n) is 18.8. The van der Waals surface area contributed by atoms with E-state index in [9.17, 15) is 9.59 Å². The molecule has 0 aliphatic rings. The van der Waals surface area contributed by atoms with Crippen molar-refractivity contribution >= 4 is 46.9 Å². The molecule has 0 radical (unpaired) electrons. The van der Waals surface area contributed by atoms with Crippen LogP contribution in [0.1, 0.15) is 22.3 Å². The van der Waals surface area contributed by atoms with Crippen LogP contribution in [0.5, 0.6) is 11.5 Å². The van der Waals surface area contributed by atoms with Gasteiger partial charge in [0.05, 0.1) is 13.3 Å². The number of halogens is 2.